The van der Waals surface area contributed by atoms with Gasteiger partial charge in [-0.05, 0) is 18.6 Å². The molecule has 0 spiro atoms. The number of hydrogen-bond acceptors (Lipinski definition) is 2. The normalized spacial score (nSPS) is 10.1. The lowest BCUT2D eigenvalue weighted by Gasteiger charge is -2.05. The van der Waals surface area contributed by atoms with E-state index in [1.54, 1.807) is 0 Å². The summed E-state index contributed by atoms with van der Waals surface area (Å²) in [6, 6.07) is 9.95. The van der Waals surface area contributed by atoms with Gasteiger partial charge in [-0.1, -0.05) is 44.4 Å². The smallest absolute Gasteiger partial charge is 0.0746 e. The Kier molecular flexibility index (Phi) is 5.84. The van der Waals surface area contributed by atoms with Crippen LogP contribution in [0.4, 0.5) is 5.69 Å². The lowest BCUT2D eigenvalue weighted by molar-refractivity contribution is 0.187. The highest BCUT2D eigenvalue weighted by molar-refractivity contribution is 5.39. The first kappa shape index (κ1) is 11.1. The number of rotatable bonds is 7. The molecular formula is C12H19NO. The van der Waals surface area contributed by atoms with Crippen molar-refractivity contribution in [1.29, 1.82) is 0 Å². The molecule has 0 saturated heterocycles. The highest BCUT2D eigenvalue weighted by Crippen LogP contribution is 2.05. The molecule has 2 nitrogen and oxygen atoms in total. The fraction of sp³-hybridized carbons (Fsp3) is 0.500. The van der Waals surface area contributed by atoms with Gasteiger partial charge >= 0.3 is 0 Å². The summed E-state index contributed by atoms with van der Waals surface area (Å²) in [6.45, 7) is 3.00. The minimum Gasteiger partial charge on any atom is -0.276 e. The van der Waals surface area contributed by atoms with E-state index in [0.29, 0.717) is 0 Å². The second-order valence-electron chi connectivity index (χ2n) is 3.38. The first-order chi connectivity index (χ1) is 6.93. The number of nitrogens with one attached hydrogen (secondary N) is 1. The van der Waals surface area contributed by atoms with Crippen molar-refractivity contribution in [1.82, 2.24) is 0 Å². The van der Waals surface area contributed by atoms with E-state index < -0.39 is 0 Å². The molecular weight excluding hydrogens is 174 g/mol. The van der Waals surface area contributed by atoms with Crippen LogP contribution in [0.1, 0.15) is 32.6 Å². The molecule has 2 heteroatoms. The van der Waals surface area contributed by atoms with E-state index in [4.69, 9.17) is 4.84 Å². The third-order valence-corrected chi connectivity index (χ3v) is 2.06. The molecule has 0 unspecified atom stereocenters. The topological polar surface area (TPSA) is 21.3 Å². The minimum absolute atomic E-state index is 0.787. The van der Waals surface area contributed by atoms with Crippen LogP contribution in [-0.2, 0) is 4.84 Å². The van der Waals surface area contributed by atoms with E-state index in [1.165, 1.54) is 19.3 Å². The maximum Gasteiger partial charge on any atom is 0.0746 e. The van der Waals surface area contributed by atoms with Crippen LogP contribution in [0.5, 0.6) is 0 Å². The maximum absolute atomic E-state index is 5.32. The van der Waals surface area contributed by atoms with Crippen LogP contribution >= 0.6 is 0 Å². The average Bonchev–Trinajstić information content (AvgIpc) is 2.25. The Bertz CT molecular complexity index is 223. The fourth-order valence-corrected chi connectivity index (χ4v) is 1.24. The van der Waals surface area contributed by atoms with Gasteiger partial charge < -0.3 is 0 Å². The summed E-state index contributed by atoms with van der Waals surface area (Å²) >= 11 is 0. The van der Waals surface area contributed by atoms with Crippen LogP contribution in [0.25, 0.3) is 0 Å². The van der Waals surface area contributed by atoms with Gasteiger partial charge in [0, 0.05) is 0 Å². The summed E-state index contributed by atoms with van der Waals surface area (Å²) in [4.78, 5) is 5.32. The number of benzene rings is 1. The van der Waals surface area contributed by atoms with Crippen LogP contribution in [0, 0.1) is 0 Å². The zero-order chi connectivity index (χ0) is 10.1. The van der Waals surface area contributed by atoms with Crippen molar-refractivity contribution in [3.63, 3.8) is 0 Å². The number of unbranched alkanes of at least 4 members (excludes halogenated alkanes) is 3. The van der Waals surface area contributed by atoms with Crippen molar-refractivity contribution < 1.29 is 4.84 Å². The first-order valence-corrected chi connectivity index (χ1v) is 5.36. The summed E-state index contributed by atoms with van der Waals surface area (Å²) in [5, 5.41) is 0. The van der Waals surface area contributed by atoms with Crippen molar-refractivity contribution in [2.45, 2.75) is 32.6 Å². The minimum atomic E-state index is 0.787. The van der Waals surface area contributed by atoms with Crippen LogP contribution < -0.4 is 5.48 Å². The van der Waals surface area contributed by atoms with Crippen molar-refractivity contribution in [3.05, 3.63) is 30.3 Å². The van der Waals surface area contributed by atoms with Gasteiger partial charge in [0.05, 0.1) is 12.3 Å². The molecule has 0 aliphatic carbocycles. The lowest BCUT2D eigenvalue weighted by atomic mass is 10.2. The van der Waals surface area contributed by atoms with E-state index in [9.17, 15) is 0 Å². The lowest BCUT2D eigenvalue weighted by Crippen LogP contribution is -2.02. The third kappa shape index (κ3) is 4.87. The Morgan fingerprint density at radius 3 is 2.57 bits per heavy atom. The Morgan fingerprint density at radius 2 is 1.86 bits per heavy atom. The average molecular weight is 193 g/mol. The van der Waals surface area contributed by atoms with Gasteiger partial charge in [-0.3, -0.25) is 10.3 Å². The van der Waals surface area contributed by atoms with Gasteiger partial charge in [0.25, 0.3) is 0 Å². The van der Waals surface area contributed by atoms with E-state index in [1.807, 2.05) is 30.3 Å². The highest BCUT2D eigenvalue weighted by atomic mass is 16.6. The molecule has 0 fully saturated rings. The van der Waals surface area contributed by atoms with Crippen molar-refractivity contribution in [2.75, 3.05) is 12.1 Å². The van der Waals surface area contributed by atoms with Crippen LogP contribution in [0.2, 0.25) is 0 Å². The molecule has 0 bridgehead atoms. The molecule has 0 heterocycles. The molecule has 1 aromatic rings. The molecule has 1 rings (SSSR count). The molecule has 0 radical (unpaired) electrons. The zero-order valence-corrected chi connectivity index (χ0v) is 8.83. The largest absolute Gasteiger partial charge is 0.276 e. The fourth-order valence-electron chi connectivity index (χ4n) is 1.24. The molecule has 0 atom stereocenters. The standard InChI is InChI=1S/C12H19NO/c1-2-3-4-8-11-14-13-12-9-6-5-7-10-12/h5-7,9-10,13H,2-4,8,11H2,1H3. The second kappa shape index (κ2) is 7.39. The van der Waals surface area contributed by atoms with E-state index >= 15 is 0 Å². The predicted octanol–water partition coefficient (Wildman–Crippen LogP) is 3.61. The van der Waals surface area contributed by atoms with Gasteiger partial charge in [0.15, 0.2) is 0 Å². The molecule has 14 heavy (non-hydrogen) atoms. The van der Waals surface area contributed by atoms with Crippen LogP contribution in [-0.4, -0.2) is 6.61 Å². The Balaban J connectivity index is 1.99. The van der Waals surface area contributed by atoms with E-state index in [-0.39, 0.29) is 0 Å². The maximum atomic E-state index is 5.32. The number of anilines is 1. The van der Waals surface area contributed by atoms with Crippen molar-refractivity contribution in [3.8, 4) is 0 Å². The molecule has 0 aliphatic heterocycles. The molecule has 1 N–H and O–H groups in total. The number of para-hydroxylation sites is 1. The Labute approximate surface area is 86.2 Å². The monoisotopic (exact) mass is 193 g/mol. The molecule has 0 aromatic heterocycles. The van der Waals surface area contributed by atoms with E-state index in [2.05, 4.69) is 12.4 Å². The van der Waals surface area contributed by atoms with Gasteiger partial charge in [0.1, 0.15) is 0 Å². The summed E-state index contributed by atoms with van der Waals surface area (Å²) in [7, 11) is 0. The third-order valence-electron chi connectivity index (χ3n) is 2.06. The van der Waals surface area contributed by atoms with Gasteiger partial charge in [-0.25, -0.2) is 0 Å². The van der Waals surface area contributed by atoms with Crippen LogP contribution in [0.3, 0.4) is 0 Å². The van der Waals surface area contributed by atoms with E-state index in [0.717, 1.165) is 18.7 Å². The number of hydrogen-bond donors (Lipinski definition) is 1. The van der Waals surface area contributed by atoms with Crippen LogP contribution in [0.15, 0.2) is 30.3 Å². The zero-order valence-electron chi connectivity index (χ0n) is 8.83. The molecule has 0 amide bonds. The molecule has 1 aromatic carbocycles. The van der Waals surface area contributed by atoms with Gasteiger partial charge in [0.2, 0.25) is 0 Å². The first-order valence-electron chi connectivity index (χ1n) is 5.36. The summed E-state index contributed by atoms with van der Waals surface area (Å²) in [5.41, 5.74) is 3.94. The Hall–Kier alpha value is -1.02. The highest BCUT2D eigenvalue weighted by Gasteiger charge is 1.90. The SMILES string of the molecule is CCCCCCONc1ccccc1. The summed E-state index contributed by atoms with van der Waals surface area (Å²) in [5.74, 6) is 0. The molecule has 78 valence electrons. The predicted molar refractivity (Wildman–Crippen MR) is 60.2 cm³/mol. The summed E-state index contributed by atoms with van der Waals surface area (Å²) in [6.07, 6.45) is 4.96. The molecule has 0 aliphatic rings. The summed E-state index contributed by atoms with van der Waals surface area (Å²) < 4.78 is 0. The van der Waals surface area contributed by atoms with Gasteiger partial charge in [-0.15, -0.1) is 0 Å². The second-order valence-corrected chi connectivity index (χ2v) is 3.38. The van der Waals surface area contributed by atoms with Crippen molar-refractivity contribution >= 4 is 5.69 Å². The van der Waals surface area contributed by atoms with Crippen molar-refractivity contribution in [2.24, 2.45) is 0 Å². The quantitative estimate of drug-likeness (QED) is 0.527. The molecule has 0 saturated carbocycles. The Morgan fingerprint density at radius 1 is 1.07 bits per heavy atom. The van der Waals surface area contributed by atoms with Gasteiger partial charge in [-0.2, -0.15) is 0 Å².